The van der Waals surface area contributed by atoms with Gasteiger partial charge in [0, 0.05) is 54.7 Å². The maximum Gasteiger partial charge on any atom is 0.353 e. The van der Waals surface area contributed by atoms with Crippen molar-refractivity contribution in [2.24, 2.45) is 10.9 Å². The summed E-state index contributed by atoms with van der Waals surface area (Å²) in [5, 5.41) is 12.6. The summed E-state index contributed by atoms with van der Waals surface area (Å²) in [6.45, 7) is 4.04. The molecule has 1 amide bonds. The molecule has 1 fully saturated rings. The number of amides is 1. The highest BCUT2D eigenvalue weighted by atomic mass is 79.9. The quantitative estimate of drug-likeness (QED) is 0.639. The van der Waals surface area contributed by atoms with Gasteiger partial charge in [-0.05, 0) is 30.0 Å². The van der Waals surface area contributed by atoms with Gasteiger partial charge < -0.3 is 20.6 Å². The van der Waals surface area contributed by atoms with Crippen molar-refractivity contribution >= 4 is 45.3 Å². The third kappa shape index (κ3) is 6.22. The Kier molecular flexibility index (Phi) is 8.78. The average Bonchev–Trinajstić information content (AvgIpc) is 3.11. The second-order valence-corrected chi connectivity index (χ2v) is 8.89. The molecule has 3 rings (SSSR count). The van der Waals surface area contributed by atoms with E-state index in [1.807, 2.05) is 23.9 Å². The summed E-state index contributed by atoms with van der Waals surface area (Å²) in [5.41, 5.74) is 5.35. The minimum Gasteiger partial charge on any atom is -0.477 e. The minimum absolute atomic E-state index is 0.0141. The first-order chi connectivity index (χ1) is 13.4. The first kappa shape index (κ1) is 22.7. The summed E-state index contributed by atoms with van der Waals surface area (Å²) in [4.78, 5) is 30.5. The zero-order valence-corrected chi connectivity index (χ0v) is 18.3. The summed E-state index contributed by atoms with van der Waals surface area (Å²) in [6.07, 6.45) is 1.49. The van der Waals surface area contributed by atoms with Gasteiger partial charge in [-0.2, -0.15) is 11.8 Å². The van der Waals surface area contributed by atoms with Crippen molar-refractivity contribution in [1.82, 2.24) is 4.90 Å². The fourth-order valence-corrected chi connectivity index (χ4v) is 3.74. The number of carbonyl (C=O) groups excluding carboxylic acids is 1. The second kappa shape index (κ2) is 10.8. The van der Waals surface area contributed by atoms with Crippen LogP contribution in [0.2, 0.25) is 0 Å². The monoisotopic (exact) mass is 471 g/mol. The van der Waals surface area contributed by atoms with Crippen LogP contribution in [0.25, 0.3) is 0 Å². The fourth-order valence-electron chi connectivity index (χ4n) is 3.02. The number of oxime groups is 1. The molecule has 2 aliphatic rings. The highest BCUT2D eigenvalue weighted by molar-refractivity contribution is 9.10. The molecule has 0 aromatic heterocycles. The van der Waals surface area contributed by atoms with Gasteiger partial charge in [0.25, 0.3) is 5.91 Å². The molecule has 154 valence electrons. The summed E-state index contributed by atoms with van der Waals surface area (Å²) in [5.74, 6) is 1.25. The number of aliphatic carboxylic acids is 1. The van der Waals surface area contributed by atoms with Crippen LogP contribution in [0.3, 0.4) is 0 Å². The van der Waals surface area contributed by atoms with E-state index in [4.69, 9.17) is 15.7 Å². The molecule has 0 aliphatic carbocycles. The number of carboxylic acid groups (broad SMARTS) is 1. The molecule has 1 aromatic carbocycles. The van der Waals surface area contributed by atoms with Gasteiger partial charge in [-0.25, -0.2) is 4.79 Å². The lowest BCUT2D eigenvalue weighted by Crippen LogP contribution is -2.47. The van der Waals surface area contributed by atoms with Crippen molar-refractivity contribution in [1.29, 1.82) is 0 Å². The van der Waals surface area contributed by atoms with Gasteiger partial charge in [-0.1, -0.05) is 28.0 Å². The number of piperidine rings is 1. The number of halogens is 1. The normalized spacial score (nSPS) is 17.4. The van der Waals surface area contributed by atoms with Gasteiger partial charge in [0.1, 0.15) is 5.60 Å². The summed E-state index contributed by atoms with van der Waals surface area (Å²) in [7, 11) is 0. The van der Waals surface area contributed by atoms with E-state index in [1.165, 1.54) is 5.75 Å². The van der Waals surface area contributed by atoms with Gasteiger partial charge in [0.05, 0.1) is 0 Å². The maximum absolute atomic E-state index is 12.4. The number of benzene rings is 1. The Balaban J connectivity index is 0.000000409. The topological polar surface area (TPSA) is 105 Å². The van der Waals surface area contributed by atoms with Gasteiger partial charge in [-0.15, -0.1) is 0 Å². The van der Waals surface area contributed by atoms with Crippen LogP contribution in [0.15, 0.2) is 33.9 Å². The van der Waals surface area contributed by atoms with E-state index >= 15 is 0 Å². The third-order valence-corrected chi connectivity index (χ3v) is 6.07. The van der Waals surface area contributed by atoms with Crippen LogP contribution in [0, 0.1) is 0 Å². The van der Waals surface area contributed by atoms with Crippen molar-refractivity contribution < 1.29 is 19.5 Å². The number of carbonyl (C=O) groups is 2. The van der Waals surface area contributed by atoms with Gasteiger partial charge in [-0.3, -0.25) is 4.79 Å². The molecule has 0 radical (unpaired) electrons. The standard InChI is InChI=1S/C15H15BrN2O4.C4H11NS/c16-11-3-1-10(2-4-11)13(19)18-7-5-15(6-8-18)9-12(14(20)21)17-22-15;1-2-6-4-3-5/h1-4H,5-9H2,(H,20,21);2-5H2,1H3. The van der Waals surface area contributed by atoms with Gasteiger partial charge >= 0.3 is 5.97 Å². The molecule has 2 aliphatic heterocycles. The second-order valence-electron chi connectivity index (χ2n) is 6.58. The third-order valence-electron chi connectivity index (χ3n) is 4.61. The lowest BCUT2D eigenvalue weighted by Gasteiger charge is -2.37. The van der Waals surface area contributed by atoms with Gasteiger partial charge in [0.15, 0.2) is 5.71 Å². The minimum atomic E-state index is -1.04. The van der Waals surface area contributed by atoms with Crippen molar-refractivity contribution in [2.75, 3.05) is 31.1 Å². The molecule has 0 bridgehead atoms. The van der Waals surface area contributed by atoms with Crippen molar-refractivity contribution in [3.05, 3.63) is 34.3 Å². The van der Waals surface area contributed by atoms with Crippen LogP contribution in [-0.4, -0.2) is 64.3 Å². The molecule has 0 unspecified atom stereocenters. The predicted molar refractivity (Wildman–Crippen MR) is 115 cm³/mol. The Morgan fingerprint density at radius 1 is 1.32 bits per heavy atom. The fraction of sp³-hybridized carbons (Fsp3) is 0.526. The largest absolute Gasteiger partial charge is 0.477 e. The van der Waals surface area contributed by atoms with Crippen molar-refractivity contribution in [3.8, 4) is 0 Å². The van der Waals surface area contributed by atoms with Crippen molar-refractivity contribution in [2.45, 2.75) is 31.8 Å². The molecule has 7 nitrogen and oxygen atoms in total. The van der Waals surface area contributed by atoms with Gasteiger partial charge in [0.2, 0.25) is 0 Å². The molecular formula is C19H26BrN3O4S. The molecule has 9 heteroatoms. The lowest BCUT2D eigenvalue weighted by molar-refractivity contribution is -0.129. The van der Waals surface area contributed by atoms with E-state index in [9.17, 15) is 9.59 Å². The van der Waals surface area contributed by atoms with E-state index < -0.39 is 11.6 Å². The number of hydrogen-bond donors (Lipinski definition) is 2. The Labute approximate surface area is 177 Å². The molecule has 2 heterocycles. The SMILES string of the molecule is CCSCCN.O=C(O)C1=NOC2(CCN(C(=O)c3ccc(Br)cc3)CC2)C1. The van der Waals surface area contributed by atoms with E-state index in [0.717, 1.165) is 16.8 Å². The number of rotatable bonds is 5. The number of nitrogens with zero attached hydrogens (tertiary/aromatic N) is 2. The van der Waals surface area contributed by atoms with E-state index in [-0.39, 0.29) is 11.6 Å². The predicted octanol–water partition coefficient (Wildman–Crippen LogP) is 2.98. The van der Waals surface area contributed by atoms with Crippen molar-refractivity contribution in [3.63, 3.8) is 0 Å². The molecule has 0 saturated carbocycles. The molecule has 3 N–H and O–H groups in total. The van der Waals surface area contributed by atoms with E-state index in [2.05, 4.69) is 28.0 Å². The molecular weight excluding hydrogens is 446 g/mol. The highest BCUT2D eigenvalue weighted by Crippen LogP contribution is 2.35. The van der Waals surface area contributed by atoms with E-state index in [0.29, 0.717) is 37.9 Å². The number of hydrogen-bond acceptors (Lipinski definition) is 6. The first-order valence-corrected chi connectivity index (χ1v) is 11.2. The molecule has 28 heavy (non-hydrogen) atoms. The Morgan fingerprint density at radius 2 is 1.96 bits per heavy atom. The summed E-state index contributed by atoms with van der Waals surface area (Å²) in [6, 6.07) is 7.25. The summed E-state index contributed by atoms with van der Waals surface area (Å²) < 4.78 is 0.930. The highest BCUT2D eigenvalue weighted by Gasteiger charge is 2.44. The molecule has 1 aromatic rings. The number of likely N-dealkylation sites (tertiary alicyclic amines) is 1. The van der Waals surface area contributed by atoms with Crippen LogP contribution in [0.1, 0.15) is 36.5 Å². The number of nitrogens with two attached hydrogens (primary N) is 1. The van der Waals surface area contributed by atoms with Crippen LogP contribution in [0.4, 0.5) is 0 Å². The van der Waals surface area contributed by atoms with Crippen LogP contribution < -0.4 is 5.73 Å². The summed E-state index contributed by atoms with van der Waals surface area (Å²) >= 11 is 5.23. The molecule has 0 atom stereocenters. The number of thioether (sulfide) groups is 1. The van der Waals surface area contributed by atoms with E-state index in [1.54, 1.807) is 17.0 Å². The Morgan fingerprint density at radius 3 is 2.43 bits per heavy atom. The zero-order chi connectivity index (χ0) is 20.6. The van der Waals surface area contributed by atoms with Crippen LogP contribution >= 0.6 is 27.7 Å². The average molecular weight is 472 g/mol. The number of carboxylic acids is 1. The smallest absolute Gasteiger partial charge is 0.353 e. The lowest BCUT2D eigenvalue weighted by atomic mass is 9.86. The molecule has 1 saturated heterocycles. The Bertz CT molecular complexity index is 700. The Hall–Kier alpha value is -1.58. The van der Waals surface area contributed by atoms with Crippen LogP contribution in [0.5, 0.6) is 0 Å². The van der Waals surface area contributed by atoms with Crippen LogP contribution in [-0.2, 0) is 9.63 Å². The zero-order valence-electron chi connectivity index (χ0n) is 15.9. The first-order valence-electron chi connectivity index (χ1n) is 9.22. The molecule has 1 spiro atoms. The maximum atomic E-state index is 12.4.